The van der Waals surface area contributed by atoms with Crippen LogP contribution in [0.3, 0.4) is 0 Å². The van der Waals surface area contributed by atoms with Crippen molar-refractivity contribution in [3.8, 4) is 0 Å². The Morgan fingerprint density at radius 2 is 1.70 bits per heavy atom. The van der Waals surface area contributed by atoms with Crippen LogP contribution in [0.4, 0.5) is 0 Å². The first-order valence-corrected chi connectivity index (χ1v) is 7.91. The molecule has 1 heterocycles. The van der Waals surface area contributed by atoms with E-state index in [1.165, 1.54) is 0 Å². The van der Waals surface area contributed by atoms with Crippen LogP contribution in [0.2, 0.25) is 0 Å². The number of hydrogen-bond acceptors (Lipinski definition) is 4. The third-order valence-electron chi connectivity index (χ3n) is 4.07. The van der Waals surface area contributed by atoms with Crippen molar-refractivity contribution >= 4 is 5.91 Å². The van der Waals surface area contributed by atoms with Gasteiger partial charge in [0.05, 0.1) is 6.04 Å². The van der Waals surface area contributed by atoms with Crippen molar-refractivity contribution in [2.24, 2.45) is 0 Å². The molecule has 5 nitrogen and oxygen atoms in total. The van der Waals surface area contributed by atoms with Gasteiger partial charge in [-0.05, 0) is 34.6 Å². The van der Waals surface area contributed by atoms with E-state index in [0.29, 0.717) is 12.1 Å². The molecule has 2 N–H and O–H groups in total. The summed E-state index contributed by atoms with van der Waals surface area (Å²) >= 11 is 0. The van der Waals surface area contributed by atoms with E-state index in [9.17, 15) is 4.79 Å². The molecule has 0 bridgehead atoms. The van der Waals surface area contributed by atoms with Crippen LogP contribution in [0.5, 0.6) is 0 Å². The van der Waals surface area contributed by atoms with Crippen molar-refractivity contribution in [1.82, 2.24) is 20.4 Å². The van der Waals surface area contributed by atoms with E-state index < -0.39 is 0 Å². The van der Waals surface area contributed by atoms with Crippen LogP contribution in [-0.2, 0) is 4.79 Å². The van der Waals surface area contributed by atoms with E-state index in [0.717, 1.165) is 39.3 Å². The molecular weight excluding hydrogens is 252 g/mol. The first-order valence-electron chi connectivity index (χ1n) is 7.91. The third kappa shape index (κ3) is 5.38. The fourth-order valence-electron chi connectivity index (χ4n) is 2.80. The van der Waals surface area contributed by atoms with E-state index in [1.807, 2.05) is 6.92 Å². The fraction of sp³-hybridized carbons (Fsp3) is 0.933. The molecular formula is C15H32N4O. The van der Waals surface area contributed by atoms with Crippen LogP contribution in [0, 0.1) is 0 Å². The predicted molar refractivity (Wildman–Crippen MR) is 83.9 cm³/mol. The molecule has 1 atom stereocenters. The quantitative estimate of drug-likeness (QED) is 0.715. The van der Waals surface area contributed by atoms with Crippen molar-refractivity contribution < 1.29 is 4.79 Å². The number of carbonyl (C=O) groups excluding carboxylic acids is 1. The van der Waals surface area contributed by atoms with Crippen molar-refractivity contribution in [2.75, 3.05) is 39.3 Å². The lowest BCUT2D eigenvalue weighted by Crippen LogP contribution is -2.53. The summed E-state index contributed by atoms with van der Waals surface area (Å²) in [6.07, 6.45) is 0. The summed E-state index contributed by atoms with van der Waals surface area (Å²) in [4.78, 5) is 16.8. The Balaban J connectivity index is 2.31. The maximum Gasteiger partial charge on any atom is 0.237 e. The second-order valence-electron chi connectivity index (χ2n) is 6.18. The SMILES string of the molecule is CC(C(=O)NCCN(C(C)C)C(C)C)N1CCNCC1. The van der Waals surface area contributed by atoms with Crippen molar-refractivity contribution in [2.45, 2.75) is 52.7 Å². The summed E-state index contributed by atoms with van der Waals surface area (Å²) in [6, 6.07) is 0.999. The van der Waals surface area contributed by atoms with Gasteiger partial charge in [-0.2, -0.15) is 0 Å². The van der Waals surface area contributed by atoms with Gasteiger partial charge in [0.1, 0.15) is 0 Å². The van der Waals surface area contributed by atoms with E-state index in [2.05, 4.69) is 48.1 Å². The van der Waals surface area contributed by atoms with Crippen LogP contribution in [-0.4, -0.2) is 73.1 Å². The van der Waals surface area contributed by atoms with Gasteiger partial charge in [-0.25, -0.2) is 0 Å². The number of hydrogen-bond donors (Lipinski definition) is 2. The van der Waals surface area contributed by atoms with Gasteiger partial charge in [0.25, 0.3) is 0 Å². The molecule has 118 valence electrons. The first kappa shape index (κ1) is 17.4. The van der Waals surface area contributed by atoms with Crippen LogP contribution >= 0.6 is 0 Å². The molecule has 20 heavy (non-hydrogen) atoms. The summed E-state index contributed by atoms with van der Waals surface area (Å²) in [7, 11) is 0. The van der Waals surface area contributed by atoms with Crippen molar-refractivity contribution in [3.63, 3.8) is 0 Å². The largest absolute Gasteiger partial charge is 0.353 e. The summed E-state index contributed by atoms with van der Waals surface area (Å²) in [5.74, 6) is 0.152. The number of nitrogens with zero attached hydrogens (tertiary/aromatic N) is 2. The van der Waals surface area contributed by atoms with Crippen molar-refractivity contribution in [1.29, 1.82) is 0 Å². The van der Waals surface area contributed by atoms with Gasteiger partial charge in [-0.3, -0.25) is 14.6 Å². The molecule has 1 rings (SSSR count). The minimum absolute atomic E-state index is 0.0244. The normalized spacial score (nSPS) is 18.8. The maximum atomic E-state index is 12.2. The average Bonchev–Trinajstić information content (AvgIpc) is 2.42. The maximum absolute atomic E-state index is 12.2. The Labute approximate surface area is 124 Å². The van der Waals surface area contributed by atoms with E-state index in [4.69, 9.17) is 0 Å². The zero-order valence-electron chi connectivity index (χ0n) is 13.8. The average molecular weight is 284 g/mol. The van der Waals surface area contributed by atoms with E-state index in [-0.39, 0.29) is 11.9 Å². The molecule has 5 heteroatoms. The summed E-state index contributed by atoms with van der Waals surface area (Å²) in [5, 5.41) is 6.39. The van der Waals surface area contributed by atoms with Crippen LogP contribution in [0.15, 0.2) is 0 Å². The minimum atomic E-state index is -0.0244. The second kappa shape index (κ2) is 8.60. The molecule has 0 saturated carbocycles. The van der Waals surface area contributed by atoms with Crippen molar-refractivity contribution in [3.05, 3.63) is 0 Å². The van der Waals surface area contributed by atoms with E-state index in [1.54, 1.807) is 0 Å². The Morgan fingerprint density at radius 3 is 2.20 bits per heavy atom. The molecule has 0 radical (unpaired) electrons. The molecule has 1 aliphatic heterocycles. The highest BCUT2D eigenvalue weighted by molar-refractivity contribution is 5.81. The zero-order chi connectivity index (χ0) is 15.1. The number of carbonyl (C=O) groups is 1. The summed E-state index contributed by atoms with van der Waals surface area (Å²) in [5.41, 5.74) is 0. The minimum Gasteiger partial charge on any atom is -0.353 e. The molecule has 0 aromatic rings. The lowest BCUT2D eigenvalue weighted by atomic mass is 10.2. The molecule has 1 saturated heterocycles. The highest BCUT2D eigenvalue weighted by Gasteiger charge is 2.22. The van der Waals surface area contributed by atoms with Gasteiger partial charge in [0, 0.05) is 51.4 Å². The Kier molecular flexibility index (Phi) is 7.48. The highest BCUT2D eigenvalue weighted by Crippen LogP contribution is 2.04. The molecule has 0 aliphatic carbocycles. The highest BCUT2D eigenvalue weighted by atomic mass is 16.2. The predicted octanol–water partition coefficient (Wildman–Crippen LogP) is 0.515. The monoisotopic (exact) mass is 284 g/mol. The van der Waals surface area contributed by atoms with Gasteiger partial charge in [-0.15, -0.1) is 0 Å². The second-order valence-corrected chi connectivity index (χ2v) is 6.18. The number of rotatable bonds is 7. The molecule has 1 unspecified atom stereocenters. The van der Waals surface area contributed by atoms with E-state index >= 15 is 0 Å². The van der Waals surface area contributed by atoms with Crippen LogP contribution < -0.4 is 10.6 Å². The Morgan fingerprint density at radius 1 is 1.15 bits per heavy atom. The zero-order valence-corrected chi connectivity index (χ0v) is 13.8. The lowest BCUT2D eigenvalue weighted by Gasteiger charge is -2.33. The van der Waals surface area contributed by atoms with Gasteiger partial charge in [0.2, 0.25) is 5.91 Å². The Bertz CT molecular complexity index is 280. The third-order valence-corrected chi connectivity index (χ3v) is 4.07. The topological polar surface area (TPSA) is 47.6 Å². The smallest absolute Gasteiger partial charge is 0.237 e. The number of nitrogens with one attached hydrogen (secondary N) is 2. The Hall–Kier alpha value is -0.650. The number of amides is 1. The molecule has 1 amide bonds. The molecule has 0 aromatic carbocycles. The number of piperazine rings is 1. The van der Waals surface area contributed by atoms with Gasteiger partial charge >= 0.3 is 0 Å². The van der Waals surface area contributed by atoms with Gasteiger partial charge in [-0.1, -0.05) is 0 Å². The van der Waals surface area contributed by atoms with Gasteiger partial charge in [0.15, 0.2) is 0 Å². The van der Waals surface area contributed by atoms with Crippen LogP contribution in [0.1, 0.15) is 34.6 Å². The molecule has 1 fully saturated rings. The molecule has 0 aromatic heterocycles. The fourth-order valence-corrected chi connectivity index (χ4v) is 2.80. The lowest BCUT2D eigenvalue weighted by molar-refractivity contribution is -0.126. The van der Waals surface area contributed by atoms with Crippen LogP contribution in [0.25, 0.3) is 0 Å². The summed E-state index contributed by atoms with van der Waals surface area (Å²) < 4.78 is 0. The van der Waals surface area contributed by atoms with Gasteiger partial charge < -0.3 is 10.6 Å². The summed E-state index contributed by atoms with van der Waals surface area (Å²) in [6.45, 7) is 16.3. The first-order chi connectivity index (χ1) is 9.43. The molecule has 1 aliphatic rings. The molecule has 0 spiro atoms. The standard InChI is InChI=1S/C15H32N4O/c1-12(2)19(13(3)4)11-8-17-15(20)14(5)18-9-6-16-7-10-18/h12-14,16H,6-11H2,1-5H3,(H,17,20).